The van der Waals surface area contributed by atoms with Gasteiger partial charge in [-0.2, -0.15) is 13.2 Å². The topological polar surface area (TPSA) is 81.5 Å². The van der Waals surface area contributed by atoms with Gasteiger partial charge in [-0.1, -0.05) is 28.1 Å². The van der Waals surface area contributed by atoms with Crippen molar-refractivity contribution in [2.24, 2.45) is 5.92 Å². The molecule has 10 heteroatoms. The van der Waals surface area contributed by atoms with Crippen LogP contribution < -0.4 is 5.32 Å². The number of hydrogen-bond acceptors (Lipinski definition) is 5. The Morgan fingerprint density at radius 1 is 1.35 bits per heavy atom. The first-order chi connectivity index (χ1) is 10.7. The summed E-state index contributed by atoms with van der Waals surface area (Å²) in [6.07, 6.45) is -4.92. The monoisotopic (exact) mass is 396 g/mol. The third-order valence-corrected chi connectivity index (χ3v) is 4.26. The lowest BCUT2D eigenvalue weighted by atomic mass is 9.90. The van der Waals surface area contributed by atoms with Gasteiger partial charge >= 0.3 is 12.1 Å². The highest BCUT2D eigenvalue weighted by Gasteiger charge is 2.65. The number of ether oxygens (including phenoxy) is 1. The summed E-state index contributed by atoms with van der Waals surface area (Å²) < 4.78 is 45.0. The molecule has 0 radical (unpaired) electrons. The molecule has 0 unspecified atom stereocenters. The maximum Gasteiger partial charge on any atom is 0.400 e. The van der Waals surface area contributed by atoms with Crippen molar-refractivity contribution in [1.82, 2.24) is 5.32 Å². The van der Waals surface area contributed by atoms with Crippen LogP contribution in [-0.2, 0) is 9.53 Å². The van der Waals surface area contributed by atoms with Crippen LogP contribution in [0.5, 0.6) is 0 Å². The van der Waals surface area contributed by atoms with E-state index in [2.05, 4.69) is 26.0 Å². The molecule has 0 saturated carbocycles. The lowest BCUT2D eigenvalue weighted by molar-refractivity contribution is -0.540. The number of alkyl halides is 3. The van der Waals surface area contributed by atoms with Crippen molar-refractivity contribution < 1.29 is 27.6 Å². The van der Waals surface area contributed by atoms with E-state index >= 15 is 0 Å². The number of methoxy groups -OCH3 is 1. The Morgan fingerprint density at radius 3 is 2.35 bits per heavy atom. The van der Waals surface area contributed by atoms with Gasteiger partial charge in [-0.3, -0.25) is 20.2 Å². The van der Waals surface area contributed by atoms with E-state index in [1.807, 2.05) is 0 Å². The maximum absolute atomic E-state index is 13.3. The molecule has 0 amide bonds. The molecular formula is C13H12BrF3N2O4. The quantitative estimate of drug-likeness (QED) is 0.482. The van der Waals surface area contributed by atoms with Gasteiger partial charge in [0.25, 0.3) is 0 Å². The average molecular weight is 397 g/mol. The van der Waals surface area contributed by atoms with E-state index in [0.29, 0.717) is 4.47 Å². The van der Waals surface area contributed by atoms with Crippen LogP contribution >= 0.6 is 15.9 Å². The van der Waals surface area contributed by atoms with Gasteiger partial charge in [-0.25, -0.2) is 0 Å². The number of carbonyl (C=O) groups is 1. The van der Waals surface area contributed by atoms with Gasteiger partial charge in [0.15, 0.2) is 0 Å². The van der Waals surface area contributed by atoms with E-state index in [0.717, 1.165) is 7.11 Å². The molecule has 4 atom stereocenters. The minimum absolute atomic E-state index is 0.288. The highest BCUT2D eigenvalue weighted by molar-refractivity contribution is 9.10. The Bertz CT molecular complexity index is 608. The Labute approximate surface area is 137 Å². The van der Waals surface area contributed by atoms with Crippen molar-refractivity contribution in [1.29, 1.82) is 0 Å². The maximum atomic E-state index is 13.3. The van der Waals surface area contributed by atoms with Gasteiger partial charge in [-0.15, -0.1) is 0 Å². The molecule has 126 valence electrons. The zero-order valence-electron chi connectivity index (χ0n) is 11.7. The molecule has 0 aromatic heterocycles. The Hall–Kier alpha value is -1.68. The molecule has 6 nitrogen and oxygen atoms in total. The van der Waals surface area contributed by atoms with E-state index in [1.165, 1.54) is 12.1 Å². The van der Waals surface area contributed by atoms with Crippen molar-refractivity contribution in [3.8, 4) is 0 Å². The summed E-state index contributed by atoms with van der Waals surface area (Å²) in [7, 11) is 0.936. The lowest BCUT2D eigenvalue weighted by Crippen LogP contribution is -2.46. The summed E-state index contributed by atoms with van der Waals surface area (Å²) in [5.41, 5.74) is 0.288. The molecule has 1 heterocycles. The Kier molecular flexibility index (Phi) is 4.95. The second-order valence-corrected chi connectivity index (χ2v) is 5.96. The predicted molar refractivity (Wildman–Crippen MR) is 76.2 cm³/mol. The molecule has 0 bridgehead atoms. The summed E-state index contributed by atoms with van der Waals surface area (Å²) in [5, 5.41) is 13.7. The fourth-order valence-corrected chi connectivity index (χ4v) is 3.01. The predicted octanol–water partition coefficient (Wildman–Crippen LogP) is 2.46. The fourth-order valence-electron chi connectivity index (χ4n) is 2.74. The minimum atomic E-state index is -4.92. The molecule has 23 heavy (non-hydrogen) atoms. The van der Waals surface area contributed by atoms with Crippen molar-refractivity contribution >= 4 is 21.9 Å². The fraction of sp³-hybridized carbons (Fsp3) is 0.462. The van der Waals surface area contributed by atoms with Crippen LogP contribution in [0.4, 0.5) is 13.2 Å². The molecule has 1 aromatic rings. The van der Waals surface area contributed by atoms with Crippen LogP contribution in [0, 0.1) is 16.0 Å². The molecule has 0 spiro atoms. The third-order valence-electron chi connectivity index (χ3n) is 3.73. The summed E-state index contributed by atoms with van der Waals surface area (Å²) >= 11 is 3.18. The van der Waals surface area contributed by atoms with Gasteiger partial charge < -0.3 is 4.74 Å². The smallest absolute Gasteiger partial charge is 0.400 e. The van der Waals surface area contributed by atoms with Crippen molar-refractivity contribution in [2.45, 2.75) is 24.3 Å². The average Bonchev–Trinajstić information content (AvgIpc) is 2.88. The second kappa shape index (κ2) is 6.44. The molecule has 1 aliphatic heterocycles. The summed E-state index contributed by atoms with van der Waals surface area (Å²) in [5.74, 6) is -3.66. The molecular weight excluding hydrogens is 385 g/mol. The molecule has 0 aliphatic carbocycles. The van der Waals surface area contributed by atoms with Crippen molar-refractivity contribution in [3.63, 3.8) is 0 Å². The summed E-state index contributed by atoms with van der Waals surface area (Å²) in [6, 6.07) is 0.930. The van der Waals surface area contributed by atoms with Crippen LogP contribution in [0.3, 0.4) is 0 Å². The molecule has 2 rings (SSSR count). The van der Waals surface area contributed by atoms with E-state index in [1.54, 1.807) is 12.1 Å². The molecule has 1 fully saturated rings. The van der Waals surface area contributed by atoms with Crippen LogP contribution in [0.1, 0.15) is 11.6 Å². The first kappa shape index (κ1) is 17.7. The van der Waals surface area contributed by atoms with Crippen LogP contribution in [0.2, 0.25) is 0 Å². The second-order valence-electron chi connectivity index (χ2n) is 5.04. The van der Waals surface area contributed by atoms with Crippen LogP contribution in [0.25, 0.3) is 0 Å². The molecule has 1 aliphatic rings. The number of nitrogens with one attached hydrogen (secondary N) is 1. The summed E-state index contributed by atoms with van der Waals surface area (Å²) in [4.78, 5) is 21.9. The van der Waals surface area contributed by atoms with E-state index < -0.39 is 41.1 Å². The van der Waals surface area contributed by atoms with Gasteiger partial charge in [0.05, 0.1) is 7.11 Å². The Morgan fingerprint density at radius 2 is 1.91 bits per heavy atom. The number of rotatable bonds is 3. The van der Waals surface area contributed by atoms with E-state index in [-0.39, 0.29) is 5.56 Å². The third kappa shape index (κ3) is 3.47. The first-order valence-electron chi connectivity index (χ1n) is 6.46. The van der Waals surface area contributed by atoms with Gasteiger partial charge in [-0.05, 0) is 17.7 Å². The number of carbonyl (C=O) groups excluding carboxylic acids is 1. The number of esters is 1. The minimum Gasteiger partial charge on any atom is -0.468 e. The number of benzene rings is 1. The molecule has 1 aromatic carbocycles. The zero-order valence-corrected chi connectivity index (χ0v) is 13.3. The van der Waals surface area contributed by atoms with Crippen LogP contribution in [-0.4, -0.2) is 36.3 Å². The van der Waals surface area contributed by atoms with E-state index in [9.17, 15) is 28.1 Å². The largest absolute Gasteiger partial charge is 0.468 e. The number of halogens is 4. The number of nitro groups is 1. The zero-order chi connectivity index (χ0) is 17.4. The Balaban J connectivity index is 2.48. The van der Waals surface area contributed by atoms with Gasteiger partial charge in [0, 0.05) is 9.40 Å². The molecule has 1 N–H and O–H groups in total. The SMILES string of the molecule is COC(=O)[C@@H]1N[C@H](c2ccc(Br)cc2)[C@@H]([N+](=O)[O-])[C@@H]1C(F)(F)F. The lowest BCUT2D eigenvalue weighted by Gasteiger charge is -2.21. The summed E-state index contributed by atoms with van der Waals surface area (Å²) in [6.45, 7) is 0. The van der Waals surface area contributed by atoms with E-state index in [4.69, 9.17) is 0 Å². The molecule has 1 saturated heterocycles. The standard InChI is InChI=1S/C13H12BrF3N2O4/c1-23-12(20)10-8(13(15,16)17)11(19(21)22)9(18-10)6-2-4-7(14)5-3-6/h2-5,8-11,18H,1H3/t8-,9-,10-,11+/m1/s1. The van der Waals surface area contributed by atoms with Crippen molar-refractivity contribution in [3.05, 3.63) is 44.4 Å². The normalized spacial score (nSPS) is 27.7. The van der Waals surface area contributed by atoms with Gasteiger partial charge in [0.2, 0.25) is 6.04 Å². The number of hydrogen-bond donors (Lipinski definition) is 1. The van der Waals surface area contributed by atoms with Crippen LogP contribution in [0.15, 0.2) is 28.7 Å². The van der Waals surface area contributed by atoms with Gasteiger partial charge in [0.1, 0.15) is 18.0 Å². The number of nitrogens with zero attached hydrogens (tertiary/aromatic N) is 1. The highest BCUT2D eigenvalue weighted by atomic mass is 79.9. The first-order valence-corrected chi connectivity index (χ1v) is 7.25. The highest BCUT2D eigenvalue weighted by Crippen LogP contribution is 2.43. The van der Waals surface area contributed by atoms with Crippen molar-refractivity contribution in [2.75, 3.05) is 7.11 Å².